The van der Waals surface area contributed by atoms with Gasteiger partial charge in [-0.3, -0.25) is 0 Å². The highest BCUT2D eigenvalue weighted by atomic mass is 16.4. The van der Waals surface area contributed by atoms with Gasteiger partial charge in [-0.1, -0.05) is 20.8 Å². The van der Waals surface area contributed by atoms with Crippen LogP contribution in [0, 0.1) is 5.41 Å². The third-order valence-corrected chi connectivity index (χ3v) is 3.49. The smallest absolute Gasteiger partial charge is 0.407 e. The fourth-order valence-corrected chi connectivity index (χ4v) is 2.01. The minimum absolute atomic E-state index is 0.0371. The number of rotatable bonds is 0. The summed E-state index contributed by atoms with van der Waals surface area (Å²) in [5, 5.41) is 12.6. The third kappa shape index (κ3) is 2.43. The molecule has 88 valence electrons. The molecule has 0 saturated carbocycles. The first-order valence-electron chi connectivity index (χ1n) is 5.41. The van der Waals surface area contributed by atoms with Gasteiger partial charge in [0.2, 0.25) is 0 Å². The summed E-state index contributed by atoms with van der Waals surface area (Å²) in [6.07, 6.45) is -0.821. The minimum Gasteiger partial charge on any atom is -0.465 e. The molecular formula is C11H22N2O2. The van der Waals surface area contributed by atoms with E-state index in [1.165, 1.54) is 4.90 Å². The van der Waals surface area contributed by atoms with Crippen LogP contribution in [-0.2, 0) is 0 Å². The van der Waals surface area contributed by atoms with Gasteiger partial charge in [-0.2, -0.15) is 0 Å². The van der Waals surface area contributed by atoms with Crippen LogP contribution in [-0.4, -0.2) is 40.8 Å². The lowest BCUT2D eigenvalue weighted by atomic mass is 9.73. The molecule has 0 aromatic heterocycles. The van der Waals surface area contributed by atoms with Crippen molar-refractivity contribution in [2.24, 2.45) is 5.41 Å². The van der Waals surface area contributed by atoms with Crippen molar-refractivity contribution in [1.82, 2.24) is 10.2 Å². The summed E-state index contributed by atoms with van der Waals surface area (Å²) in [6.45, 7) is 11.7. The Morgan fingerprint density at radius 1 is 1.53 bits per heavy atom. The van der Waals surface area contributed by atoms with E-state index in [1.807, 2.05) is 6.92 Å². The van der Waals surface area contributed by atoms with Crippen molar-refractivity contribution in [2.75, 3.05) is 13.1 Å². The van der Waals surface area contributed by atoms with Gasteiger partial charge in [0.05, 0.1) is 0 Å². The zero-order valence-corrected chi connectivity index (χ0v) is 10.3. The van der Waals surface area contributed by atoms with Crippen molar-refractivity contribution >= 4 is 6.09 Å². The summed E-state index contributed by atoms with van der Waals surface area (Å²) in [6, 6.07) is 0.207. The molecular weight excluding hydrogens is 192 g/mol. The number of amides is 1. The van der Waals surface area contributed by atoms with Gasteiger partial charge in [-0.05, 0) is 19.3 Å². The molecule has 0 aliphatic carbocycles. The zero-order valence-electron chi connectivity index (χ0n) is 10.3. The summed E-state index contributed by atoms with van der Waals surface area (Å²) in [5.41, 5.74) is -0.127. The Hall–Kier alpha value is -0.770. The zero-order chi connectivity index (χ0) is 11.9. The number of hydrogen-bond donors (Lipinski definition) is 2. The van der Waals surface area contributed by atoms with E-state index in [2.05, 4.69) is 33.0 Å². The maximum Gasteiger partial charge on any atom is 0.407 e. The van der Waals surface area contributed by atoms with Crippen LogP contribution in [0.5, 0.6) is 0 Å². The second-order valence-corrected chi connectivity index (χ2v) is 5.79. The highest BCUT2D eigenvalue weighted by Crippen LogP contribution is 2.33. The molecule has 0 radical (unpaired) electrons. The molecule has 1 amide bonds. The summed E-state index contributed by atoms with van der Waals surface area (Å²) in [7, 11) is 0. The van der Waals surface area contributed by atoms with Crippen LogP contribution in [0.4, 0.5) is 4.79 Å². The molecule has 0 spiro atoms. The van der Waals surface area contributed by atoms with Crippen molar-refractivity contribution in [3.05, 3.63) is 0 Å². The van der Waals surface area contributed by atoms with Crippen LogP contribution in [0.1, 0.15) is 34.6 Å². The van der Waals surface area contributed by atoms with Crippen LogP contribution < -0.4 is 5.32 Å². The lowest BCUT2D eigenvalue weighted by Crippen LogP contribution is -2.68. The maximum absolute atomic E-state index is 11.0. The van der Waals surface area contributed by atoms with Crippen molar-refractivity contribution in [2.45, 2.75) is 46.2 Å². The fraction of sp³-hybridized carbons (Fsp3) is 0.909. The molecule has 0 unspecified atom stereocenters. The van der Waals surface area contributed by atoms with Crippen molar-refractivity contribution in [1.29, 1.82) is 0 Å². The average Bonchev–Trinajstić information content (AvgIpc) is 2.00. The molecule has 1 fully saturated rings. The van der Waals surface area contributed by atoms with Gasteiger partial charge in [0, 0.05) is 24.7 Å². The second-order valence-electron chi connectivity index (χ2n) is 5.79. The highest BCUT2D eigenvalue weighted by Gasteiger charge is 2.43. The summed E-state index contributed by atoms with van der Waals surface area (Å²) in [4.78, 5) is 12.5. The van der Waals surface area contributed by atoms with Gasteiger partial charge in [-0.25, -0.2) is 4.79 Å². The van der Waals surface area contributed by atoms with Crippen LogP contribution >= 0.6 is 0 Å². The van der Waals surface area contributed by atoms with Crippen molar-refractivity contribution in [3.63, 3.8) is 0 Å². The molecule has 1 aliphatic rings. The van der Waals surface area contributed by atoms with Gasteiger partial charge in [0.15, 0.2) is 0 Å². The molecule has 2 N–H and O–H groups in total. The topological polar surface area (TPSA) is 52.6 Å². The molecule has 0 bridgehead atoms. The van der Waals surface area contributed by atoms with Gasteiger partial charge in [0.25, 0.3) is 0 Å². The maximum atomic E-state index is 11.0. The van der Waals surface area contributed by atoms with E-state index < -0.39 is 6.09 Å². The van der Waals surface area contributed by atoms with Crippen molar-refractivity contribution in [3.8, 4) is 0 Å². The number of nitrogens with zero attached hydrogens (tertiary/aromatic N) is 1. The number of nitrogens with one attached hydrogen (secondary N) is 1. The van der Waals surface area contributed by atoms with Gasteiger partial charge in [0.1, 0.15) is 0 Å². The minimum atomic E-state index is -0.821. The van der Waals surface area contributed by atoms with E-state index in [0.29, 0.717) is 13.1 Å². The van der Waals surface area contributed by atoms with E-state index in [0.717, 1.165) is 0 Å². The number of piperazine rings is 1. The first kappa shape index (κ1) is 12.3. The third-order valence-electron chi connectivity index (χ3n) is 3.49. The molecule has 0 aromatic rings. The van der Waals surface area contributed by atoms with Crippen LogP contribution in [0.15, 0.2) is 0 Å². The number of hydrogen-bond acceptors (Lipinski definition) is 2. The lowest BCUT2D eigenvalue weighted by molar-refractivity contribution is 0.0399. The molecule has 0 aromatic carbocycles. The monoisotopic (exact) mass is 214 g/mol. The SMILES string of the molecule is C[C@H]1CN(C(=O)O)C[C@](C)(C(C)(C)C)N1. The Bertz CT molecular complexity index is 260. The van der Waals surface area contributed by atoms with Gasteiger partial charge < -0.3 is 15.3 Å². The number of carboxylic acid groups (broad SMARTS) is 1. The predicted molar refractivity (Wildman–Crippen MR) is 60.1 cm³/mol. The Kier molecular flexibility index (Phi) is 3.01. The quantitative estimate of drug-likeness (QED) is 0.646. The molecule has 4 nitrogen and oxygen atoms in total. The Balaban J connectivity index is 2.88. The Labute approximate surface area is 91.6 Å². The summed E-state index contributed by atoms with van der Waals surface area (Å²) < 4.78 is 0. The lowest BCUT2D eigenvalue weighted by Gasteiger charge is -2.50. The van der Waals surface area contributed by atoms with E-state index in [-0.39, 0.29) is 17.0 Å². The first-order chi connectivity index (χ1) is 6.66. The molecule has 1 aliphatic heterocycles. The van der Waals surface area contributed by atoms with E-state index in [1.54, 1.807) is 0 Å². The standard InChI is InChI=1S/C11H22N2O2/c1-8-6-13(9(14)15)7-11(5,12-8)10(2,3)4/h8,12H,6-7H2,1-5H3,(H,14,15)/t8-,11+/m0/s1. The van der Waals surface area contributed by atoms with Crippen LogP contribution in [0.3, 0.4) is 0 Å². The molecule has 15 heavy (non-hydrogen) atoms. The second kappa shape index (κ2) is 3.67. The van der Waals surface area contributed by atoms with E-state index in [9.17, 15) is 4.79 Å². The summed E-state index contributed by atoms with van der Waals surface area (Å²) >= 11 is 0. The fourth-order valence-electron chi connectivity index (χ4n) is 2.01. The highest BCUT2D eigenvalue weighted by molar-refractivity contribution is 5.65. The Morgan fingerprint density at radius 2 is 2.07 bits per heavy atom. The average molecular weight is 214 g/mol. The Morgan fingerprint density at radius 3 is 2.47 bits per heavy atom. The first-order valence-corrected chi connectivity index (χ1v) is 5.41. The van der Waals surface area contributed by atoms with Crippen LogP contribution in [0.2, 0.25) is 0 Å². The molecule has 1 saturated heterocycles. The predicted octanol–water partition coefficient (Wildman–Crippen LogP) is 1.76. The molecule has 2 atom stereocenters. The van der Waals surface area contributed by atoms with E-state index >= 15 is 0 Å². The van der Waals surface area contributed by atoms with Crippen LogP contribution in [0.25, 0.3) is 0 Å². The van der Waals surface area contributed by atoms with Gasteiger partial charge in [-0.15, -0.1) is 0 Å². The summed E-state index contributed by atoms with van der Waals surface area (Å²) in [5.74, 6) is 0. The molecule has 1 heterocycles. The van der Waals surface area contributed by atoms with Crippen molar-refractivity contribution < 1.29 is 9.90 Å². The largest absolute Gasteiger partial charge is 0.465 e. The van der Waals surface area contributed by atoms with E-state index in [4.69, 9.17) is 5.11 Å². The van der Waals surface area contributed by atoms with Gasteiger partial charge >= 0.3 is 6.09 Å². The normalized spacial score (nSPS) is 32.9. The number of carbonyl (C=O) groups is 1. The molecule has 1 rings (SSSR count). The molecule has 4 heteroatoms.